The molecule has 0 saturated carbocycles. The second kappa shape index (κ2) is 4.17. The molecule has 90 valence electrons. The van der Waals surface area contributed by atoms with Crippen LogP contribution in [0, 0.1) is 0 Å². The molecule has 0 bridgehead atoms. The molecule has 2 heterocycles. The number of rotatable bonds is 0. The first-order valence-corrected chi connectivity index (χ1v) is 5.18. The van der Waals surface area contributed by atoms with E-state index in [1.54, 1.807) is 0 Å². The van der Waals surface area contributed by atoms with Crippen LogP contribution < -0.4 is 0 Å². The fraction of sp³-hybridized carbons (Fsp3) is 0.778. The molecule has 2 N–H and O–H groups in total. The third-order valence-corrected chi connectivity index (χ3v) is 3.10. The van der Waals surface area contributed by atoms with Gasteiger partial charge in [0.05, 0.1) is 25.3 Å². The molecule has 0 aromatic carbocycles. The zero-order valence-electron chi connectivity index (χ0n) is 8.70. The molecule has 0 aromatic heterocycles. The number of hydrogen-bond donors (Lipinski definition) is 2. The molecule has 2 fully saturated rings. The Bertz CT molecular complexity index is 308. The lowest BCUT2D eigenvalue weighted by molar-refractivity contribution is -0.0899. The number of morpholine rings is 1. The van der Waals surface area contributed by atoms with E-state index >= 15 is 0 Å². The van der Waals surface area contributed by atoms with E-state index in [0.29, 0.717) is 26.1 Å². The van der Waals surface area contributed by atoms with Crippen molar-refractivity contribution in [2.45, 2.75) is 18.6 Å². The molecule has 2 saturated heterocycles. The topological polar surface area (TPSA) is 90.3 Å². The van der Waals surface area contributed by atoms with Crippen LogP contribution in [0.4, 0.5) is 9.59 Å². The number of amides is 2. The molecular formula is C9H14N2O5. The van der Waals surface area contributed by atoms with Crippen LogP contribution in [0.1, 0.15) is 6.42 Å². The van der Waals surface area contributed by atoms with Gasteiger partial charge >= 0.3 is 12.2 Å². The zero-order chi connectivity index (χ0) is 11.7. The van der Waals surface area contributed by atoms with Crippen LogP contribution in [0.25, 0.3) is 0 Å². The zero-order valence-corrected chi connectivity index (χ0v) is 8.70. The summed E-state index contributed by atoms with van der Waals surface area (Å²) in [5.41, 5.74) is 0. The molecule has 2 atom stereocenters. The summed E-state index contributed by atoms with van der Waals surface area (Å²) in [6, 6.07) is -0.207. The second-order valence-electron chi connectivity index (χ2n) is 3.97. The molecule has 2 rings (SSSR count). The number of piperidine rings is 1. The first-order chi connectivity index (χ1) is 7.59. The number of ether oxygens (including phenoxy) is 1. The number of likely N-dealkylation sites (tertiary alicyclic amines) is 1. The molecule has 2 amide bonds. The number of fused-ring (bicyclic) bond motifs is 1. The molecule has 0 radical (unpaired) electrons. The molecule has 7 heteroatoms. The van der Waals surface area contributed by atoms with Gasteiger partial charge in [0.25, 0.3) is 0 Å². The molecule has 7 nitrogen and oxygen atoms in total. The predicted molar refractivity (Wildman–Crippen MR) is 52.5 cm³/mol. The maximum absolute atomic E-state index is 11.0. The minimum Gasteiger partial charge on any atom is -0.465 e. The maximum atomic E-state index is 11.0. The van der Waals surface area contributed by atoms with Crippen LogP contribution in [-0.4, -0.2) is 70.6 Å². The van der Waals surface area contributed by atoms with E-state index in [4.69, 9.17) is 14.9 Å². The van der Waals surface area contributed by atoms with E-state index in [1.165, 1.54) is 9.80 Å². The van der Waals surface area contributed by atoms with Crippen molar-refractivity contribution in [3.05, 3.63) is 0 Å². The van der Waals surface area contributed by atoms with Crippen LogP contribution in [0.15, 0.2) is 0 Å². The Morgan fingerprint density at radius 2 is 1.94 bits per heavy atom. The quantitative estimate of drug-likeness (QED) is 0.616. The number of nitrogens with zero attached hydrogens (tertiary/aromatic N) is 2. The Hall–Kier alpha value is -1.50. The highest BCUT2D eigenvalue weighted by atomic mass is 16.5. The molecule has 0 aliphatic carbocycles. The minimum absolute atomic E-state index is 0.207. The Morgan fingerprint density at radius 1 is 1.19 bits per heavy atom. The van der Waals surface area contributed by atoms with Gasteiger partial charge in [-0.25, -0.2) is 9.59 Å². The standard InChI is InChI=1S/C9H14N2O5/c12-8(13)10-2-1-6-7(5-10)16-4-3-11(6)9(14)15/h6-7H,1-5H2,(H,12,13)(H,14,15). The van der Waals surface area contributed by atoms with E-state index in [-0.39, 0.29) is 18.7 Å². The average Bonchev–Trinajstić information content (AvgIpc) is 2.27. The Labute approximate surface area is 92.2 Å². The maximum Gasteiger partial charge on any atom is 0.407 e. The van der Waals surface area contributed by atoms with Crippen LogP contribution >= 0.6 is 0 Å². The van der Waals surface area contributed by atoms with Crippen LogP contribution in [0.5, 0.6) is 0 Å². The van der Waals surface area contributed by atoms with Crippen LogP contribution in [-0.2, 0) is 4.74 Å². The largest absolute Gasteiger partial charge is 0.465 e. The SMILES string of the molecule is O=C(O)N1CCC2C(C1)OCCN2C(=O)O. The van der Waals surface area contributed by atoms with Crippen LogP contribution in [0.3, 0.4) is 0 Å². The lowest BCUT2D eigenvalue weighted by Gasteiger charge is -2.44. The predicted octanol–water partition coefficient (Wildman–Crippen LogP) is 0.117. The van der Waals surface area contributed by atoms with Gasteiger partial charge in [0.15, 0.2) is 0 Å². The number of carbonyl (C=O) groups is 2. The lowest BCUT2D eigenvalue weighted by atomic mass is 9.99. The average molecular weight is 230 g/mol. The Morgan fingerprint density at radius 3 is 2.56 bits per heavy atom. The first-order valence-electron chi connectivity index (χ1n) is 5.18. The van der Waals surface area contributed by atoms with Gasteiger partial charge in [-0.1, -0.05) is 0 Å². The molecule has 0 aromatic rings. The van der Waals surface area contributed by atoms with Gasteiger partial charge in [0.2, 0.25) is 0 Å². The van der Waals surface area contributed by atoms with Crippen molar-refractivity contribution in [2.24, 2.45) is 0 Å². The van der Waals surface area contributed by atoms with Gasteiger partial charge in [-0.3, -0.25) is 0 Å². The van der Waals surface area contributed by atoms with Gasteiger partial charge in [-0.2, -0.15) is 0 Å². The molecule has 2 aliphatic heterocycles. The summed E-state index contributed by atoms with van der Waals surface area (Å²) < 4.78 is 5.43. The fourth-order valence-corrected chi connectivity index (χ4v) is 2.30. The highest BCUT2D eigenvalue weighted by molar-refractivity contribution is 5.67. The highest BCUT2D eigenvalue weighted by Crippen LogP contribution is 2.23. The summed E-state index contributed by atoms with van der Waals surface area (Å²) in [6.07, 6.45) is -1.75. The smallest absolute Gasteiger partial charge is 0.407 e. The summed E-state index contributed by atoms with van der Waals surface area (Å²) in [5.74, 6) is 0. The second-order valence-corrected chi connectivity index (χ2v) is 3.97. The first kappa shape index (κ1) is 11.0. The van der Waals surface area contributed by atoms with Gasteiger partial charge in [0, 0.05) is 13.1 Å². The van der Waals surface area contributed by atoms with Crippen LogP contribution in [0.2, 0.25) is 0 Å². The normalized spacial score (nSPS) is 29.8. The van der Waals surface area contributed by atoms with Crippen molar-refractivity contribution >= 4 is 12.2 Å². The summed E-state index contributed by atoms with van der Waals surface area (Å²) in [4.78, 5) is 24.4. The van der Waals surface area contributed by atoms with E-state index in [0.717, 1.165) is 0 Å². The van der Waals surface area contributed by atoms with Crippen molar-refractivity contribution in [3.8, 4) is 0 Å². The number of hydrogen-bond acceptors (Lipinski definition) is 3. The van der Waals surface area contributed by atoms with Gasteiger partial charge in [-0.05, 0) is 6.42 Å². The molecule has 2 aliphatic rings. The van der Waals surface area contributed by atoms with Gasteiger partial charge < -0.3 is 24.7 Å². The van der Waals surface area contributed by atoms with Crippen molar-refractivity contribution in [2.75, 3.05) is 26.2 Å². The molecule has 2 unspecified atom stereocenters. The minimum atomic E-state index is -0.977. The van der Waals surface area contributed by atoms with Crippen molar-refractivity contribution in [1.29, 1.82) is 0 Å². The summed E-state index contributed by atoms with van der Waals surface area (Å²) in [7, 11) is 0. The van der Waals surface area contributed by atoms with Crippen molar-refractivity contribution < 1.29 is 24.5 Å². The lowest BCUT2D eigenvalue weighted by Crippen LogP contribution is -2.61. The molecule has 0 spiro atoms. The Balaban J connectivity index is 2.05. The highest BCUT2D eigenvalue weighted by Gasteiger charge is 2.40. The van der Waals surface area contributed by atoms with Gasteiger partial charge in [0.1, 0.15) is 0 Å². The van der Waals surface area contributed by atoms with E-state index in [9.17, 15) is 9.59 Å². The fourth-order valence-electron chi connectivity index (χ4n) is 2.30. The van der Waals surface area contributed by atoms with Crippen molar-refractivity contribution in [3.63, 3.8) is 0 Å². The van der Waals surface area contributed by atoms with E-state index < -0.39 is 12.2 Å². The van der Waals surface area contributed by atoms with Crippen molar-refractivity contribution in [1.82, 2.24) is 9.80 Å². The third-order valence-electron chi connectivity index (χ3n) is 3.10. The third kappa shape index (κ3) is 1.90. The van der Waals surface area contributed by atoms with Gasteiger partial charge in [-0.15, -0.1) is 0 Å². The summed E-state index contributed by atoms with van der Waals surface area (Å²) in [6.45, 7) is 1.32. The van der Waals surface area contributed by atoms with E-state index in [1.807, 2.05) is 0 Å². The number of carboxylic acid groups (broad SMARTS) is 2. The molecular weight excluding hydrogens is 216 g/mol. The summed E-state index contributed by atoms with van der Waals surface area (Å²) >= 11 is 0. The van der Waals surface area contributed by atoms with E-state index in [2.05, 4.69) is 0 Å². The monoisotopic (exact) mass is 230 g/mol. The molecule has 16 heavy (non-hydrogen) atoms. The summed E-state index contributed by atoms with van der Waals surface area (Å²) in [5, 5.41) is 17.8. The Kier molecular flexibility index (Phi) is 2.86.